The van der Waals surface area contributed by atoms with Gasteiger partial charge in [-0.1, -0.05) is 72.8 Å². The molecule has 0 aliphatic carbocycles. The first kappa shape index (κ1) is 32.6. The number of nitrogens with zero attached hydrogens (tertiary/aromatic N) is 2. The summed E-state index contributed by atoms with van der Waals surface area (Å²) in [6, 6.07) is 37.4. The van der Waals surface area contributed by atoms with E-state index in [4.69, 9.17) is 20.9 Å². The van der Waals surface area contributed by atoms with Crippen molar-refractivity contribution in [1.82, 2.24) is 9.13 Å². The van der Waals surface area contributed by atoms with Crippen molar-refractivity contribution in [3.8, 4) is 11.5 Å². The van der Waals surface area contributed by atoms with Crippen LogP contribution in [0.2, 0.25) is 0 Å². The topological polar surface area (TPSA) is 80.4 Å². The highest BCUT2D eigenvalue weighted by Gasteiger charge is 2.08. The van der Waals surface area contributed by atoms with Gasteiger partial charge in [-0.05, 0) is 47.5 Å². The third kappa shape index (κ3) is 8.08. The number of fused-ring (bicyclic) bond motifs is 2. The third-order valence-electron chi connectivity index (χ3n) is 6.69. The Balaban J connectivity index is 0.000000220. The van der Waals surface area contributed by atoms with Gasteiger partial charge in [0, 0.05) is 49.3 Å². The number of ether oxygens (including phenoxy) is 2. The van der Waals surface area contributed by atoms with Gasteiger partial charge < -0.3 is 30.1 Å². The third-order valence-corrected chi connectivity index (χ3v) is 6.69. The summed E-state index contributed by atoms with van der Waals surface area (Å²) in [5, 5.41) is 2.27. The van der Waals surface area contributed by atoms with Gasteiger partial charge in [0.1, 0.15) is 24.7 Å². The molecule has 0 spiro atoms. The molecule has 0 atom stereocenters. The second-order valence-corrected chi connectivity index (χ2v) is 9.51. The average Bonchev–Trinajstić information content (AvgIpc) is 3.61. The van der Waals surface area contributed by atoms with E-state index in [-0.39, 0.29) is 24.8 Å². The van der Waals surface area contributed by atoms with Gasteiger partial charge in [-0.2, -0.15) is 0 Å². The minimum absolute atomic E-state index is 0. The maximum atomic E-state index is 5.69. The lowest BCUT2D eigenvalue weighted by atomic mass is 10.2. The van der Waals surface area contributed by atoms with Crippen LogP contribution in [0, 0.1) is 0 Å². The Labute approximate surface area is 259 Å². The first-order valence-corrected chi connectivity index (χ1v) is 13.7. The fourth-order valence-electron chi connectivity index (χ4n) is 4.82. The van der Waals surface area contributed by atoms with E-state index in [1.165, 1.54) is 22.2 Å². The molecule has 0 unspecified atom stereocenters. The Morgan fingerprint density at radius 3 is 1.26 bits per heavy atom. The van der Waals surface area contributed by atoms with Crippen LogP contribution >= 0.6 is 24.8 Å². The summed E-state index contributed by atoms with van der Waals surface area (Å²) in [7, 11) is 0. The summed E-state index contributed by atoms with van der Waals surface area (Å²) in [6.07, 6.45) is 4.21. The number of rotatable bonds is 10. The van der Waals surface area contributed by atoms with E-state index in [2.05, 4.69) is 94.3 Å². The Bertz CT molecular complexity index is 1510. The van der Waals surface area contributed by atoms with Crippen molar-refractivity contribution in [2.75, 3.05) is 26.3 Å². The monoisotopic (exact) mass is 604 g/mol. The van der Waals surface area contributed by atoms with Crippen LogP contribution in [-0.4, -0.2) is 35.4 Å². The lowest BCUT2D eigenvalue weighted by Crippen LogP contribution is -2.10. The molecule has 0 radical (unpaired) electrons. The molecule has 0 aliphatic rings. The Kier molecular flexibility index (Phi) is 12.8. The molecule has 220 valence electrons. The fraction of sp³-hybridized carbons (Fsp3) is 0.176. The van der Waals surface area contributed by atoms with Crippen molar-refractivity contribution in [2.45, 2.75) is 13.1 Å². The van der Waals surface area contributed by atoms with Crippen LogP contribution in [0.25, 0.3) is 21.8 Å². The van der Waals surface area contributed by atoms with Crippen molar-refractivity contribution in [1.29, 1.82) is 0 Å². The molecule has 6 rings (SSSR count). The van der Waals surface area contributed by atoms with Gasteiger partial charge in [-0.15, -0.1) is 24.8 Å². The van der Waals surface area contributed by atoms with Gasteiger partial charge >= 0.3 is 0 Å². The number of nitrogens with two attached hydrogens (primary N) is 2. The SMILES string of the molecule is Cl.Cl.NCCOc1cccc2c1ccn2Cc1ccccc1.NCCOc1cccc2c1ccn2Cc1ccccc1. The molecule has 42 heavy (non-hydrogen) atoms. The minimum Gasteiger partial charge on any atom is -0.492 e. The van der Waals surface area contributed by atoms with Crippen molar-refractivity contribution in [3.63, 3.8) is 0 Å². The highest BCUT2D eigenvalue weighted by Crippen LogP contribution is 2.28. The average molecular weight is 606 g/mol. The first-order chi connectivity index (χ1) is 19.8. The van der Waals surface area contributed by atoms with Gasteiger partial charge in [0.15, 0.2) is 0 Å². The van der Waals surface area contributed by atoms with Gasteiger partial charge in [0.05, 0.1) is 11.0 Å². The number of hydrogen-bond donors (Lipinski definition) is 2. The minimum atomic E-state index is 0. The maximum absolute atomic E-state index is 5.69. The molecule has 0 saturated heterocycles. The zero-order valence-corrected chi connectivity index (χ0v) is 25.1. The van der Waals surface area contributed by atoms with Crippen LogP contribution in [0.3, 0.4) is 0 Å². The molecule has 2 aromatic heterocycles. The Morgan fingerprint density at radius 1 is 0.476 bits per heavy atom. The van der Waals surface area contributed by atoms with Gasteiger partial charge in [-0.3, -0.25) is 0 Å². The van der Waals surface area contributed by atoms with Crippen LogP contribution in [0.1, 0.15) is 11.1 Å². The van der Waals surface area contributed by atoms with Gasteiger partial charge in [-0.25, -0.2) is 0 Å². The summed E-state index contributed by atoms with van der Waals surface area (Å²) in [4.78, 5) is 0. The smallest absolute Gasteiger partial charge is 0.128 e. The predicted octanol–water partition coefficient (Wildman–Crippen LogP) is 6.90. The molecular weight excluding hydrogens is 567 g/mol. The summed E-state index contributed by atoms with van der Waals surface area (Å²) in [5.41, 5.74) is 15.9. The zero-order chi connectivity index (χ0) is 27.6. The van der Waals surface area contributed by atoms with E-state index >= 15 is 0 Å². The van der Waals surface area contributed by atoms with E-state index in [1.807, 2.05) is 36.4 Å². The van der Waals surface area contributed by atoms with Crippen LogP contribution in [0.15, 0.2) is 122 Å². The Morgan fingerprint density at radius 2 is 0.881 bits per heavy atom. The number of halogens is 2. The maximum Gasteiger partial charge on any atom is 0.128 e. The molecule has 0 fully saturated rings. The van der Waals surface area contributed by atoms with Gasteiger partial charge in [0.25, 0.3) is 0 Å². The lowest BCUT2D eigenvalue weighted by Gasteiger charge is -2.08. The highest BCUT2D eigenvalue weighted by molar-refractivity contribution is 5.87. The molecule has 6 aromatic rings. The van der Waals surface area contributed by atoms with E-state index in [0.717, 1.165) is 35.4 Å². The number of hydrogen-bond acceptors (Lipinski definition) is 4. The van der Waals surface area contributed by atoms with E-state index < -0.39 is 0 Å². The summed E-state index contributed by atoms with van der Waals surface area (Å²) < 4.78 is 15.9. The lowest BCUT2D eigenvalue weighted by molar-refractivity contribution is 0.332. The Hall–Kier alpha value is -3.94. The second kappa shape index (κ2) is 16.5. The quantitative estimate of drug-likeness (QED) is 0.178. The second-order valence-electron chi connectivity index (χ2n) is 9.51. The fourth-order valence-corrected chi connectivity index (χ4v) is 4.82. The molecule has 4 aromatic carbocycles. The van der Waals surface area contributed by atoms with Crippen LogP contribution < -0.4 is 20.9 Å². The van der Waals surface area contributed by atoms with Gasteiger partial charge in [0.2, 0.25) is 0 Å². The van der Waals surface area contributed by atoms with Crippen LogP contribution in [0.4, 0.5) is 0 Å². The predicted molar refractivity (Wildman–Crippen MR) is 179 cm³/mol. The van der Waals surface area contributed by atoms with E-state index in [0.29, 0.717) is 26.3 Å². The van der Waals surface area contributed by atoms with Crippen molar-refractivity contribution < 1.29 is 9.47 Å². The molecule has 0 saturated carbocycles. The largest absolute Gasteiger partial charge is 0.492 e. The summed E-state index contributed by atoms with van der Waals surface area (Å²) >= 11 is 0. The summed E-state index contributed by atoms with van der Waals surface area (Å²) in [5.74, 6) is 1.81. The van der Waals surface area contributed by atoms with Crippen molar-refractivity contribution >= 4 is 46.6 Å². The van der Waals surface area contributed by atoms with E-state index in [9.17, 15) is 0 Å². The molecule has 4 N–H and O–H groups in total. The highest BCUT2D eigenvalue weighted by atomic mass is 35.5. The number of aromatic nitrogens is 2. The summed E-state index contributed by atoms with van der Waals surface area (Å²) in [6.45, 7) is 3.88. The molecule has 6 nitrogen and oxygen atoms in total. The molecular formula is C34H38Cl2N4O2. The molecule has 0 bridgehead atoms. The molecule has 8 heteroatoms. The van der Waals surface area contributed by atoms with Crippen molar-refractivity contribution in [2.24, 2.45) is 11.5 Å². The zero-order valence-electron chi connectivity index (χ0n) is 23.5. The van der Waals surface area contributed by atoms with Crippen molar-refractivity contribution in [3.05, 3.63) is 133 Å². The standard InChI is InChI=1S/2C17H18N2O.2ClH/c2*18-10-12-20-17-8-4-7-16-15(17)9-11-19(16)13-14-5-2-1-3-6-14;;/h2*1-9,11H,10,12-13,18H2;2*1H. The number of benzene rings is 4. The molecule has 0 amide bonds. The van der Waals surface area contributed by atoms with E-state index in [1.54, 1.807) is 0 Å². The molecule has 2 heterocycles. The molecule has 0 aliphatic heterocycles. The van der Waals surface area contributed by atoms with Crippen LogP contribution in [-0.2, 0) is 13.1 Å². The van der Waals surface area contributed by atoms with Crippen LogP contribution in [0.5, 0.6) is 11.5 Å². The first-order valence-electron chi connectivity index (χ1n) is 13.7. The normalized spacial score (nSPS) is 10.3.